The molecule has 102 valence electrons. The third kappa shape index (κ3) is 2.73. The Labute approximate surface area is 105 Å². The van der Waals surface area contributed by atoms with Gasteiger partial charge in [0.15, 0.2) is 0 Å². The average Bonchev–Trinajstić information content (AvgIpc) is 2.56. The molecule has 0 spiro atoms. The van der Waals surface area contributed by atoms with Gasteiger partial charge in [-0.15, -0.1) is 0 Å². The molecule has 18 heavy (non-hydrogen) atoms. The second kappa shape index (κ2) is 5.53. The number of carbonyl (C=O) groups is 2. The van der Waals surface area contributed by atoms with Gasteiger partial charge < -0.3 is 24.7 Å². The van der Waals surface area contributed by atoms with E-state index in [0.29, 0.717) is 26.3 Å². The van der Waals surface area contributed by atoms with Crippen molar-refractivity contribution in [1.29, 1.82) is 0 Å². The van der Waals surface area contributed by atoms with Crippen LogP contribution in [0.15, 0.2) is 0 Å². The fourth-order valence-electron chi connectivity index (χ4n) is 2.38. The Bertz CT molecular complexity index is 327. The van der Waals surface area contributed by atoms with Gasteiger partial charge in [-0.3, -0.25) is 0 Å². The van der Waals surface area contributed by atoms with Gasteiger partial charge >= 0.3 is 12.0 Å². The van der Waals surface area contributed by atoms with E-state index in [1.165, 1.54) is 4.90 Å². The van der Waals surface area contributed by atoms with Gasteiger partial charge in [0.05, 0.1) is 12.7 Å². The number of aliphatic hydroxyl groups is 1. The number of amides is 2. The minimum Gasteiger partial charge on any atom is -0.480 e. The van der Waals surface area contributed by atoms with E-state index in [9.17, 15) is 14.7 Å². The predicted molar refractivity (Wildman–Crippen MR) is 61.2 cm³/mol. The first-order chi connectivity index (χ1) is 8.59. The lowest BCUT2D eigenvalue weighted by Gasteiger charge is -2.28. The van der Waals surface area contributed by atoms with Crippen molar-refractivity contribution in [3.05, 3.63) is 0 Å². The number of urea groups is 1. The van der Waals surface area contributed by atoms with Crippen molar-refractivity contribution in [1.82, 2.24) is 9.80 Å². The zero-order chi connectivity index (χ0) is 13.1. The molecule has 2 amide bonds. The molecule has 0 aromatic heterocycles. The van der Waals surface area contributed by atoms with E-state index >= 15 is 0 Å². The maximum absolute atomic E-state index is 12.2. The van der Waals surface area contributed by atoms with Crippen molar-refractivity contribution in [2.24, 2.45) is 0 Å². The van der Waals surface area contributed by atoms with Gasteiger partial charge in [0.25, 0.3) is 0 Å². The first-order valence-electron chi connectivity index (χ1n) is 6.13. The fourth-order valence-corrected chi connectivity index (χ4v) is 2.38. The average molecular weight is 258 g/mol. The van der Waals surface area contributed by atoms with Crippen LogP contribution in [0.25, 0.3) is 0 Å². The number of likely N-dealkylation sites (tertiary alicyclic amines) is 1. The summed E-state index contributed by atoms with van der Waals surface area (Å²) in [4.78, 5) is 26.1. The molecule has 0 aromatic rings. The summed E-state index contributed by atoms with van der Waals surface area (Å²) >= 11 is 0. The molecule has 0 bridgehead atoms. The molecule has 0 saturated carbocycles. The Kier molecular flexibility index (Phi) is 4.03. The monoisotopic (exact) mass is 258 g/mol. The van der Waals surface area contributed by atoms with E-state index in [-0.39, 0.29) is 19.0 Å². The second-order valence-corrected chi connectivity index (χ2v) is 4.63. The van der Waals surface area contributed by atoms with Crippen molar-refractivity contribution in [2.45, 2.75) is 25.0 Å². The molecule has 2 aliphatic heterocycles. The molecule has 7 nitrogen and oxygen atoms in total. The van der Waals surface area contributed by atoms with Crippen molar-refractivity contribution < 1.29 is 24.5 Å². The molecule has 2 heterocycles. The first-order valence-corrected chi connectivity index (χ1v) is 6.13. The van der Waals surface area contributed by atoms with E-state index in [0.717, 1.165) is 6.42 Å². The molecule has 2 rings (SSSR count). The quantitative estimate of drug-likeness (QED) is 0.652. The van der Waals surface area contributed by atoms with Crippen LogP contribution >= 0.6 is 0 Å². The molecule has 0 aliphatic carbocycles. The highest BCUT2D eigenvalue weighted by Crippen LogP contribution is 2.20. The topological polar surface area (TPSA) is 90.3 Å². The molecule has 2 atom stereocenters. The lowest BCUT2D eigenvalue weighted by atomic mass is 10.2. The first kappa shape index (κ1) is 13.1. The number of carbonyl (C=O) groups excluding carboxylic acids is 1. The Morgan fingerprint density at radius 2 is 2.00 bits per heavy atom. The van der Waals surface area contributed by atoms with E-state index in [1.54, 1.807) is 4.90 Å². The number of β-amino-alcohol motifs (C(OH)–C–C–N with tert-alkyl or cyclic N) is 1. The number of ether oxygens (including phenoxy) is 1. The Balaban J connectivity index is 2.04. The minimum absolute atomic E-state index is 0.0904. The summed E-state index contributed by atoms with van der Waals surface area (Å²) in [5.41, 5.74) is 0. The molecular formula is C11H18N2O5. The summed E-state index contributed by atoms with van der Waals surface area (Å²) in [6.07, 6.45) is 0.101. The Morgan fingerprint density at radius 3 is 2.72 bits per heavy atom. The normalized spacial score (nSPS) is 29.2. The second-order valence-electron chi connectivity index (χ2n) is 4.63. The highest BCUT2D eigenvalue weighted by molar-refractivity contribution is 5.83. The van der Waals surface area contributed by atoms with Crippen LogP contribution in [0.5, 0.6) is 0 Å². The summed E-state index contributed by atoms with van der Waals surface area (Å²) in [6.45, 7) is 2.22. The van der Waals surface area contributed by atoms with E-state index in [2.05, 4.69) is 0 Å². The fraction of sp³-hybridized carbons (Fsp3) is 0.818. The highest BCUT2D eigenvalue weighted by atomic mass is 16.5. The molecular weight excluding hydrogens is 240 g/mol. The Hall–Kier alpha value is -1.34. The van der Waals surface area contributed by atoms with Crippen molar-refractivity contribution >= 4 is 12.0 Å². The summed E-state index contributed by atoms with van der Waals surface area (Å²) in [6, 6.07) is -1.24. The maximum atomic E-state index is 12.2. The highest BCUT2D eigenvalue weighted by Gasteiger charge is 2.40. The van der Waals surface area contributed by atoms with Gasteiger partial charge in [-0.05, 0) is 6.42 Å². The number of nitrogens with zero attached hydrogens (tertiary/aromatic N) is 2. The zero-order valence-corrected chi connectivity index (χ0v) is 10.1. The number of aliphatic hydroxyl groups excluding tert-OH is 1. The van der Waals surface area contributed by atoms with Crippen LogP contribution in [-0.2, 0) is 9.53 Å². The number of carboxylic acid groups (broad SMARTS) is 1. The number of hydrogen-bond acceptors (Lipinski definition) is 4. The van der Waals surface area contributed by atoms with E-state index < -0.39 is 18.1 Å². The van der Waals surface area contributed by atoms with Crippen LogP contribution in [0.1, 0.15) is 12.8 Å². The van der Waals surface area contributed by atoms with Gasteiger partial charge in [0.2, 0.25) is 0 Å². The van der Waals surface area contributed by atoms with Gasteiger partial charge in [0.1, 0.15) is 6.04 Å². The summed E-state index contributed by atoms with van der Waals surface area (Å²) in [5, 5.41) is 18.6. The standard InChI is InChI=1S/C11H18N2O5/c14-8-6-9(10(15)16)13(7-8)11(17)12-2-1-4-18-5-3-12/h8-9,14H,1-7H2,(H,15,16)/t8-,9-/m1/s1. The van der Waals surface area contributed by atoms with Crippen LogP contribution in [0, 0.1) is 0 Å². The van der Waals surface area contributed by atoms with Crippen molar-refractivity contribution in [2.75, 3.05) is 32.8 Å². The van der Waals surface area contributed by atoms with Crippen molar-refractivity contribution in [3.63, 3.8) is 0 Å². The molecule has 2 aliphatic rings. The van der Waals surface area contributed by atoms with Crippen LogP contribution in [0.2, 0.25) is 0 Å². The molecule has 2 saturated heterocycles. The van der Waals surface area contributed by atoms with Crippen LogP contribution < -0.4 is 0 Å². The van der Waals surface area contributed by atoms with Crippen LogP contribution in [0.4, 0.5) is 4.79 Å². The summed E-state index contributed by atoms with van der Waals surface area (Å²) in [7, 11) is 0. The largest absolute Gasteiger partial charge is 0.480 e. The van der Waals surface area contributed by atoms with E-state index in [4.69, 9.17) is 9.84 Å². The summed E-state index contributed by atoms with van der Waals surface area (Å²) in [5.74, 6) is -1.06. The van der Waals surface area contributed by atoms with Crippen LogP contribution in [-0.4, -0.2) is 77.0 Å². The lowest BCUT2D eigenvalue weighted by molar-refractivity contribution is -0.141. The molecule has 7 heteroatoms. The molecule has 0 unspecified atom stereocenters. The summed E-state index contributed by atoms with van der Waals surface area (Å²) < 4.78 is 5.25. The van der Waals surface area contributed by atoms with Crippen LogP contribution in [0.3, 0.4) is 0 Å². The van der Waals surface area contributed by atoms with Crippen molar-refractivity contribution in [3.8, 4) is 0 Å². The predicted octanol–water partition coefficient (Wildman–Crippen LogP) is -0.651. The maximum Gasteiger partial charge on any atom is 0.326 e. The number of aliphatic carboxylic acids is 1. The lowest BCUT2D eigenvalue weighted by Crippen LogP contribution is -2.48. The number of carboxylic acids is 1. The number of hydrogen-bond donors (Lipinski definition) is 2. The van der Waals surface area contributed by atoms with Gasteiger partial charge in [0, 0.05) is 32.7 Å². The smallest absolute Gasteiger partial charge is 0.326 e. The number of rotatable bonds is 1. The van der Waals surface area contributed by atoms with Gasteiger partial charge in [-0.2, -0.15) is 0 Å². The molecule has 0 aromatic carbocycles. The van der Waals surface area contributed by atoms with E-state index in [1.807, 2.05) is 0 Å². The Morgan fingerprint density at radius 1 is 1.22 bits per heavy atom. The zero-order valence-electron chi connectivity index (χ0n) is 10.1. The third-order valence-corrected chi connectivity index (χ3v) is 3.30. The third-order valence-electron chi connectivity index (χ3n) is 3.30. The molecule has 2 fully saturated rings. The minimum atomic E-state index is -1.06. The van der Waals surface area contributed by atoms with Gasteiger partial charge in [-0.25, -0.2) is 9.59 Å². The molecule has 0 radical (unpaired) electrons. The SMILES string of the molecule is O=C(O)[C@H]1C[C@@H](O)CN1C(=O)N1CCCOCC1. The molecule has 2 N–H and O–H groups in total. The van der Waals surface area contributed by atoms with Gasteiger partial charge in [-0.1, -0.05) is 0 Å².